The predicted octanol–water partition coefficient (Wildman–Crippen LogP) is -1.19. The fourth-order valence-corrected chi connectivity index (χ4v) is 1.25. The summed E-state index contributed by atoms with van der Waals surface area (Å²) in [5.74, 6) is 0. The summed E-state index contributed by atoms with van der Waals surface area (Å²) in [7, 11) is 2.04. The minimum Gasteiger partial charge on any atom is -0.352 e. The van der Waals surface area contributed by atoms with Crippen LogP contribution in [-0.2, 0) is 4.79 Å². The molecule has 6 heteroatoms. The molecule has 0 spiro atoms. The maximum Gasteiger partial charge on any atom is 0.312 e. The summed E-state index contributed by atoms with van der Waals surface area (Å²) in [5, 5.41) is 8.64. The van der Waals surface area contributed by atoms with E-state index in [1.54, 1.807) is 0 Å². The number of urea groups is 1. The zero-order chi connectivity index (χ0) is 11.5. The average molecular weight is 216 g/mol. The molecule has 1 aliphatic heterocycles. The third-order valence-corrected chi connectivity index (χ3v) is 2.11. The SMILES string of the molecule is CNC1CCNCC1.NC(=O)NCC=O. The van der Waals surface area contributed by atoms with Crippen LogP contribution in [-0.4, -0.2) is 45.0 Å². The van der Waals surface area contributed by atoms with E-state index < -0.39 is 6.03 Å². The maximum absolute atomic E-state index is 9.71. The van der Waals surface area contributed by atoms with Gasteiger partial charge in [0.25, 0.3) is 0 Å². The number of hydrogen-bond donors (Lipinski definition) is 4. The van der Waals surface area contributed by atoms with Crippen LogP contribution in [0.25, 0.3) is 0 Å². The van der Waals surface area contributed by atoms with Crippen molar-refractivity contribution in [2.45, 2.75) is 18.9 Å². The highest BCUT2D eigenvalue weighted by molar-refractivity contribution is 5.74. The molecule has 1 fully saturated rings. The first kappa shape index (κ1) is 13.9. The monoisotopic (exact) mass is 216 g/mol. The zero-order valence-electron chi connectivity index (χ0n) is 9.08. The number of primary amides is 1. The molecule has 0 aromatic carbocycles. The van der Waals surface area contributed by atoms with Crippen molar-refractivity contribution in [2.24, 2.45) is 5.73 Å². The molecule has 0 aromatic rings. The van der Waals surface area contributed by atoms with Gasteiger partial charge in [-0.15, -0.1) is 0 Å². The number of piperidine rings is 1. The molecule has 1 aliphatic rings. The first-order valence-electron chi connectivity index (χ1n) is 5.05. The molecule has 2 amide bonds. The molecule has 0 bridgehead atoms. The Kier molecular flexibility index (Phi) is 8.70. The van der Waals surface area contributed by atoms with Crippen molar-refractivity contribution in [3.8, 4) is 0 Å². The van der Waals surface area contributed by atoms with Crippen LogP contribution in [0.2, 0.25) is 0 Å². The highest BCUT2D eigenvalue weighted by atomic mass is 16.2. The Morgan fingerprint density at radius 1 is 1.53 bits per heavy atom. The molecule has 1 saturated heterocycles. The summed E-state index contributed by atoms with van der Waals surface area (Å²) in [6, 6.07) is 0.100. The van der Waals surface area contributed by atoms with Gasteiger partial charge in [0.2, 0.25) is 0 Å². The number of amides is 2. The molecule has 5 N–H and O–H groups in total. The maximum atomic E-state index is 9.71. The first-order valence-corrected chi connectivity index (χ1v) is 5.05. The number of carbonyl (C=O) groups excluding carboxylic acids is 2. The summed E-state index contributed by atoms with van der Waals surface area (Å²) < 4.78 is 0. The Labute approximate surface area is 90.0 Å². The van der Waals surface area contributed by atoms with Crippen LogP contribution in [0.3, 0.4) is 0 Å². The van der Waals surface area contributed by atoms with Crippen molar-refractivity contribution in [2.75, 3.05) is 26.7 Å². The average Bonchev–Trinajstić information content (AvgIpc) is 2.28. The second kappa shape index (κ2) is 9.42. The molecule has 1 heterocycles. The van der Waals surface area contributed by atoms with Crippen molar-refractivity contribution in [3.63, 3.8) is 0 Å². The van der Waals surface area contributed by atoms with Crippen LogP contribution in [0.5, 0.6) is 0 Å². The molecule has 88 valence electrons. The number of aldehydes is 1. The third kappa shape index (κ3) is 9.17. The van der Waals surface area contributed by atoms with Crippen LogP contribution in [0.1, 0.15) is 12.8 Å². The Morgan fingerprint density at radius 3 is 2.40 bits per heavy atom. The predicted molar refractivity (Wildman–Crippen MR) is 58.6 cm³/mol. The fourth-order valence-electron chi connectivity index (χ4n) is 1.25. The normalized spacial score (nSPS) is 16.1. The minimum absolute atomic E-state index is 0.00463. The lowest BCUT2D eigenvalue weighted by molar-refractivity contribution is -0.107. The van der Waals surface area contributed by atoms with Crippen molar-refractivity contribution in [1.29, 1.82) is 0 Å². The van der Waals surface area contributed by atoms with E-state index in [1.165, 1.54) is 25.9 Å². The van der Waals surface area contributed by atoms with E-state index >= 15 is 0 Å². The van der Waals surface area contributed by atoms with Gasteiger partial charge >= 0.3 is 6.03 Å². The number of hydrogen-bond acceptors (Lipinski definition) is 4. The molecule has 0 atom stereocenters. The van der Waals surface area contributed by atoms with E-state index in [9.17, 15) is 9.59 Å². The Balaban J connectivity index is 0.000000265. The standard InChI is InChI=1S/C6H14N2.C3H6N2O2/c1-7-6-2-4-8-5-3-6;4-3(7)5-1-2-6/h6-8H,2-5H2,1H3;2H,1H2,(H3,4,5,7). The van der Waals surface area contributed by atoms with Crippen LogP contribution in [0.4, 0.5) is 4.79 Å². The van der Waals surface area contributed by atoms with Gasteiger partial charge in [0.1, 0.15) is 6.29 Å². The zero-order valence-corrected chi connectivity index (χ0v) is 9.08. The topological polar surface area (TPSA) is 96.2 Å². The highest BCUT2D eigenvalue weighted by Gasteiger charge is 2.08. The fraction of sp³-hybridized carbons (Fsp3) is 0.778. The molecule has 1 rings (SSSR count). The lowest BCUT2D eigenvalue weighted by atomic mass is 10.1. The molecule has 0 aliphatic carbocycles. The van der Waals surface area contributed by atoms with Crippen LogP contribution < -0.4 is 21.7 Å². The number of rotatable bonds is 3. The van der Waals surface area contributed by atoms with E-state index in [1.807, 2.05) is 7.05 Å². The van der Waals surface area contributed by atoms with Gasteiger partial charge in [0.15, 0.2) is 0 Å². The molecule has 0 aromatic heterocycles. The van der Waals surface area contributed by atoms with E-state index in [4.69, 9.17) is 0 Å². The Bertz CT molecular complexity index is 181. The molecule has 0 saturated carbocycles. The van der Waals surface area contributed by atoms with Gasteiger partial charge in [0.05, 0.1) is 6.54 Å². The summed E-state index contributed by atoms with van der Waals surface area (Å²) in [5.41, 5.74) is 4.57. The lowest BCUT2D eigenvalue weighted by Crippen LogP contribution is -2.37. The van der Waals surface area contributed by atoms with Crippen LogP contribution >= 0.6 is 0 Å². The minimum atomic E-state index is -0.674. The lowest BCUT2D eigenvalue weighted by Gasteiger charge is -2.21. The van der Waals surface area contributed by atoms with Gasteiger partial charge in [-0.3, -0.25) is 0 Å². The molecule has 6 nitrogen and oxygen atoms in total. The van der Waals surface area contributed by atoms with Gasteiger partial charge < -0.3 is 26.5 Å². The second-order valence-electron chi connectivity index (χ2n) is 3.22. The summed E-state index contributed by atoms with van der Waals surface area (Å²) >= 11 is 0. The summed E-state index contributed by atoms with van der Waals surface area (Å²) in [4.78, 5) is 19.1. The molecule has 0 radical (unpaired) electrons. The number of nitrogens with two attached hydrogens (primary N) is 1. The molecule has 15 heavy (non-hydrogen) atoms. The van der Waals surface area contributed by atoms with Gasteiger partial charge in [-0.2, -0.15) is 0 Å². The van der Waals surface area contributed by atoms with Crippen molar-refractivity contribution in [1.82, 2.24) is 16.0 Å². The number of nitrogens with one attached hydrogen (secondary N) is 3. The van der Waals surface area contributed by atoms with Crippen LogP contribution in [0.15, 0.2) is 0 Å². The van der Waals surface area contributed by atoms with Gasteiger partial charge in [-0.05, 0) is 33.0 Å². The van der Waals surface area contributed by atoms with Gasteiger partial charge in [-0.1, -0.05) is 0 Å². The summed E-state index contributed by atoms with van der Waals surface area (Å²) in [6.45, 7) is 2.37. The Hall–Kier alpha value is -1.14. The van der Waals surface area contributed by atoms with E-state index in [0.717, 1.165) is 6.04 Å². The molecule has 0 unspecified atom stereocenters. The van der Waals surface area contributed by atoms with E-state index in [-0.39, 0.29) is 6.54 Å². The third-order valence-electron chi connectivity index (χ3n) is 2.11. The number of carbonyl (C=O) groups is 2. The highest BCUT2D eigenvalue weighted by Crippen LogP contribution is 1.99. The second-order valence-corrected chi connectivity index (χ2v) is 3.22. The van der Waals surface area contributed by atoms with E-state index in [2.05, 4.69) is 21.7 Å². The van der Waals surface area contributed by atoms with Crippen molar-refractivity contribution < 1.29 is 9.59 Å². The quantitative estimate of drug-likeness (QED) is 0.446. The molecular weight excluding hydrogens is 196 g/mol. The summed E-state index contributed by atoms with van der Waals surface area (Å²) in [6.07, 6.45) is 3.14. The van der Waals surface area contributed by atoms with E-state index in [0.29, 0.717) is 6.29 Å². The van der Waals surface area contributed by atoms with Gasteiger partial charge in [-0.25, -0.2) is 4.79 Å². The largest absolute Gasteiger partial charge is 0.352 e. The van der Waals surface area contributed by atoms with Gasteiger partial charge in [0, 0.05) is 6.04 Å². The van der Waals surface area contributed by atoms with Crippen LogP contribution in [0, 0.1) is 0 Å². The Morgan fingerprint density at radius 2 is 2.13 bits per heavy atom. The van der Waals surface area contributed by atoms with Crippen molar-refractivity contribution in [3.05, 3.63) is 0 Å². The first-order chi connectivity index (χ1) is 7.20. The van der Waals surface area contributed by atoms with Crippen molar-refractivity contribution >= 4 is 12.3 Å². The molecular formula is C9H20N4O2. The smallest absolute Gasteiger partial charge is 0.312 e.